The Balaban J connectivity index is 1.98. The molecule has 1 saturated heterocycles. The fourth-order valence-electron chi connectivity index (χ4n) is 4.94. The maximum absolute atomic E-state index is 11.7. The number of carboxylic acid groups (broad SMARTS) is 1. The molecule has 2 fully saturated rings. The zero-order chi connectivity index (χ0) is 15.7. The van der Waals surface area contributed by atoms with Gasteiger partial charge < -0.3 is 10.0 Å². The number of piperidine rings is 1. The summed E-state index contributed by atoms with van der Waals surface area (Å²) in [6.45, 7) is 11.2. The van der Waals surface area contributed by atoms with E-state index in [2.05, 4.69) is 32.6 Å². The van der Waals surface area contributed by atoms with Gasteiger partial charge in [-0.15, -0.1) is 0 Å². The standard InChI is InChI=1S/C18H33NO2/c1-5-6-18(16(20)21)7-9-19(10-8-18)15-11-14(2)12-17(3,4)13-15/h14-15H,5-13H2,1-4H3,(H,20,21). The molecule has 2 atom stereocenters. The number of hydrogen-bond donors (Lipinski definition) is 1. The zero-order valence-corrected chi connectivity index (χ0v) is 14.3. The Bertz CT molecular complexity index is 369. The van der Waals surface area contributed by atoms with E-state index >= 15 is 0 Å². The van der Waals surface area contributed by atoms with Crippen LogP contribution in [0.2, 0.25) is 0 Å². The Morgan fingerprint density at radius 1 is 1.24 bits per heavy atom. The molecule has 0 spiro atoms. The molecule has 3 nitrogen and oxygen atoms in total. The van der Waals surface area contributed by atoms with Crippen LogP contribution in [0.1, 0.15) is 72.6 Å². The lowest BCUT2D eigenvalue weighted by Gasteiger charge is -2.48. The fourth-order valence-corrected chi connectivity index (χ4v) is 4.94. The molecule has 1 saturated carbocycles. The lowest BCUT2D eigenvalue weighted by Crippen LogP contribution is -2.50. The van der Waals surface area contributed by atoms with Crippen LogP contribution in [0.15, 0.2) is 0 Å². The van der Waals surface area contributed by atoms with E-state index in [-0.39, 0.29) is 0 Å². The third-order valence-electron chi connectivity index (χ3n) is 5.82. The highest BCUT2D eigenvalue weighted by Crippen LogP contribution is 2.43. The average molecular weight is 295 g/mol. The van der Waals surface area contributed by atoms with E-state index in [1.807, 2.05) is 0 Å². The first kappa shape index (κ1) is 16.8. The summed E-state index contributed by atoms with van der Waals surface area (Å²) in [6, 6.07) is 0.664. The minimum atomic E-state index is -0.568. The molecule has 3 heteroatoms. The second-order valence-electron chi connectivity index (χ2n) is 8.44. The van der Waals surface area contributed by atoms with Gasteiger partial charge in [0.25, 0.3) is 0 Å². The van der Waals surface area contributed by atoms with Gasteiger partial charge in [0.05, 0.1) is 5.41 Å². The predicted molar refractivity (Wildman–Crippen MR) is 86.4 cm³/mol. The number of likely N-dealkylation sites (tertiary alicyclic amines) is 1. The Morgan fingerprint density at radius 2 is 1.86 bits per heavy atom. The van der Waals surface area contributed by atoms with Crippen molar-refractivity contribution in [3.63, 3.8) is 0 Å². The lowest BCUT2D eigenvalue weighted by molar-refractivity contribution is -0.153. The van der Waals surface area contributed by atoms with Crippen LogP contribution >= 0.6 is 0 Å². The third-order valence-corrected chi connectivity index (χ3v) is 5.82. The second-order valence-corrected chi connectivity index (χ2v) is 8.44. The van der Waals surface area contributed by atoms with Crippen LogP contribution in [0, 0.1) is 16.7 Å². The Hall–Kier alpha value is -0.570. The van der Waals surface area contributed by atoms with Crippen molar-refractivity contribution in [1.29, 1.82) is 0 Å². The van der Waals surface area contributed by atoms with Gasteiger partial charge in [-0.2, -0.15) is 0 Å². The number of carboxylic acids is 1. The van der Waals surface area contributed by atoms with Crippen LogP contribution in [0.5, 0.6) is 0 Å². The monoisotopic (exact) mass is 295 g/mol. The number of aliphatic carboxylic acids is 1. The Kier molecular flexibility index (Phi) is 5.02. The third kappa shape index (κ3) is 3.80. The van der Waals surface area contributed by atoms with Crippen LogP contribution in [0.3, 0.4) is 0 Å². The summed E-state index contributed by atoms with van der Waals surface area (Å²) in [6.07, 6.45) is 7.36. The highest BCUT2D eigenvalue weighted by Gasteiger charge is 2.43. The first-order valence-electron chi connectivity index (χ1n) is 8.75. The summed E-state index contributed by atoms with van der Waals surface area (Å²) >= 11 is 0. The van der Waals surface area contributed by atoms with E-state index in [9.17, 15) is 9.90 Å². The highest BCUT2D eigenvalue weighted by molar-refractivity contribution is 5.74. The largest absolute Gasteiger partial charge is 0.481 e. The van der Waals surface area contributed by atoms with Crippen LogP contribution in [0.4, 0.5) is 0 Å². The van der Waals surface area contributed by atoms with Crippen molar-refractivity contribution < 1.29 is 9.90 Å². The topological polar surface area (TPSA) is 40.5 Å². The van der Waals surface area contributed by atoms with Gasteiger partial charge in [0.15, 0.2) is 0 Å². The minimum absolute atomic E-state index is 0.438. The van der Waals surface area contributed by atoms with E-state index < -0.39 is 11.4 Å². The number of rotatable bonds is 4. The van der Waals surface area contributed by atoms with Gasteiger partial charge in [-0.1, -0.05) is 34.1 Å². The molecule has 1 heterocycles. The van der Waals surface area contributed by atoms with Gasteiger partial charge in [-0.05, 0) is 62.9 Å². The lowest BCUT2D eigenvalue weighted by atomic mass is 9.69. The summed E-state index contributed by atoms with van der Waals surface area (Å²) < 4.78 is 0. The van der Waals surface area contributed by atoms with Crippen molar-refractivity contribution in [2.45, 2.75) is 78.7 Å². The van der Waals surface area contributed by atoms with E-state index in [4.69, 9.17) is 0 Å². The average Bonchev–Trinajstić information content (AvgIpc) is 2.37. The summed E-state index contributed by atoms with van der Waals surface area (Å²) in [5.74, 6) is 0.224. The van der Waals surface area contributed by atoms with Gasteiger partial charge in [-0.3, -0.25) is 4.79 Å². The molecule has 0 aromatic heterocycles. The maximum atomic E-state index is 11.7. The van der Waals surface area contributed by atoms with Crippen LogP contribution < -0.4 is 0 Å². The predicted octanol–water partition coefficient (Wildman–Crippen LogP) is 4.17. The van der Waals surface area contributed by atoms with Gasteiger partial charge in [0.2, 0.25) is 0 Å². The molecule has 0 bridgehead atoms. The maximum Gasteiger partial charge on any atom is 0.309 e. The first-order chi connectivity index (χ1) is 9.78. The number of nitrogens with zero attached hydrogens (tertiary/aromatic N) is 1. The molecule has 1 N–H and O–H groups in total. The van der Waals surface area contributed by atoms with Crippen molar-refractivity contribution >= 4 is 5.97 Å². The molecule has 2 unspecified atom stereocenters. The molecule has 2 rings (SSSR count). The van der Waals surface area contributed by atoms with Gasteiger partial charge >= 0.3 is 5.97 Å². The summed E-state index contributed by atoms with van der Waals surface area (Å²) in [4.78, 5) is 14.3. The molecule has 0 radical (unpaired) electrons. The van der Waals surface area contributed by atoms with Crippen LogP contribution in [0.25, 0.3) is 0 Å². The summed E-state index contributed by atoms with van der Waals surface area (Å²) in [5, 5.41) is 9.62. The van der Waals surface area contributed by atoms with Crippen molar-refractivity contribution in [2.24, 2.45) is 16.7 Å². The van der Waals surface area contributed by atoms with E-state index in [0.29, 0.717) is 11.5 Å². The summed E-state index contributed by atoms with van der Waals surface area (Å²) in [5.41, 5.74) is -0.00582. The molecule has 122 valence electrons. The zero-order valence-electron chi connectivity index (χ0n) is 14.3. The number of carbonyl (C=O) groups is 1. The molecule has 1 aliphatic heterocycles. The normalized spacial score (nSPS) is 32.8. The quantitative estimate of drug-likeness (QED) is 0.846. The molecular weight excluding hydrogens is 262 g/mol. The van der Waals surface area contributed by atoms with Crippen LogP contribution in [-0.4, -0.2) is 35.1 Å². The summed E-state index contributed by atoms with van der Waals surface area (Å²) in [7, 11) is 0. The smallest absolute Gasteiger partial charge is 0.309 e. The van der Waals surface area contributed by atoms with Gasteiger partial charge in [0, 0.05) is 6.04 Å². The fraction of sp³-hybridized carbons (Fsp3) is 0.944. The Labute approximate surface area is 130 Å². The highest BCUT2D eigenvalue weighted by atomic mass is 16.4. The van der Waals surface area contributed by atoms with Crippen molar-refractivity contribution in [3.8, 4) is 0 Å². The number of hydrogen-bond acceptors (Lipinski definition) is 2. The molecule has 2 aliphatic rings. The molecule has 0 aromatic rings. The van der Waals surface area contributed by atoms with Crippen molar-refractivity contribution in [3.05, 3.63) is 0 Å². The molecule has 1 aliphatic carbocycles. The van der Waals surface area contributed by atoms with Crippen LogP contribution in [-0.2, 0) is 4.79 Å². The Morgan fingerprint density at radius 3 is 2.33 bits per heavy atom. The van der Waals surface area contributed by atoms with Gasteiger partial charge in [-0.25, -0.2) is 0 Å². The van der Waals surface area contributed by atoms with Crippen molar-refractivity contribution in [1.82, 2.24) is 4.90 Å². The SMILES string of the molecule is CCCC1(C(=O)O)CCN(C2CC(C)CC(C)(C)C2)CC1. The molecular formula is C18H33NO2. The van der Waals surface area contributed by atoms with Crippen molar-refractivity contribution in [2.75, 3.05) is 13.1 Å². The molecule has 0 amide bonds. The van der Waals surface area contributed by atoms with E-state index in [0.717, 1.165) is 44.7 Å². The molecule has 21 heavy (non-hydrogen) atoms. The molecule has 0 aromatic carbocycles. The van der Waals surface area contributed by atoms with E-state index in [1.54, 1.807) is 0 Å². The second kappa shape index (κ2) is 6.28. The first-order valence-corrected chi connectivity index (χ1v) is 8.75. The van der Waals surface area contributed by atoms with Gasteiger partial charge in [0.1, 0.15) is 0 Å². The van der Waals surface area contributed by atoms with E-state index in [1.165, 1.54) is 19.3 Å². The minimum Gasteiger partial charge on any atom is -0.481 e.